The zero-order valence-electron chi connectivity index (χ0n) is 13.6. The molecule has 0 saturated carbocycles. The summed E-state index contributed by atoms with van der Waals surface area (Å²) in [5.74, 6) is -0.489. The summed E-state index contributed by atoms with van der Waals surface area (Å²) in [7, 11) is 3.24. The van der Waals surface area contributed by atoms with Crippen LogP contribution in [0.1, 0.15) is 33.3 Å². The molecule has 0 heterocycles. The van der Waals surface area contributed by atoms with Gasteiger partial charge in [-0.2, -0.15) is 0 Å². The molecule has 5 heteroatoms. The second kappa shape index (κ2) is 6.16. The van der Waals surface area contributed by atoms with Gasteiger partial charge in [-0.05, 0) is 33.3 Å². The minimum Gasteiger partial charge on any atom is -0.458 e. The summed E-state index contributed by atoms with van der Waals surface area (Å²) in [5.41, 5.74) is -1.19. The van der Waals surface area contributed by atoms with Gasteiger partial charge >= 0.3 is 12.0 Å². The van der Waals surface area contributed by atoms with Gasteiger partial charge in [-0.15, -0.1) is 0 Å². The molecule has 0 aliphatic heterocycles. The van der Waals surface area contributed by atoms with Gasteiger partial charge in [-0.25, -0.2) is 9.59 Å². The van der Waals surface area contributed by atoms with Crippen LogP contribution in [0.5, 0.6) is 0 Å². The van der Waals surface area contributed by atoms with Gasteiger partial charge in [-0.3, -0.25) is 0 Å². The van der Waals surface area contributed by atoms with E-state index < -0.39 is 17.1 Å². The molecule has 0 bridgehead atoms. The zero-order valence-corrected chi connectivity index (χ0v) is 13.6. The fraction of sp³-hybridized carbons (Fsp3) is 0.500. The molecule has 0 radical (unpaired) electrons. The number of hydrogen-bond acceptors (Lipinski definition) is 3. The Labute approximate surface area is 126 Å². The monoisotopic (exact) mass is 292 g/mol. The predicted molar refractivity (Wildman–Crippen MR) is 81.9 cm³/mol. The first-order chi connectivity index (χ1) is 9.56. The Morgan fingerprint density at radius 2 is 1.57 bits per heavy atom. The third-order valence-corrected chi connectivity index (χ3v) is 2.92. The summed E-state index contributed by atoms with van der Waals surface area (Å²) >= 11 is 0. The van der Waals surface area contributed by atoms with Crippen molar-refractivity contribution in [2.45, 2.75) is 38.8 Å². The van der Waals surface area contributed by atoms with Crippen molar-refractivity contribution in [2.24, 2.45) is 0 Å². The Balaban J connectivity index is 3.17. The number of urea groups is 1. The number of rotatable bonds is 3. The summed E-state index contributed by atoms with van der Waals surface area (Å²) in [5, 5.41) is 2.74. The van der Waals surface area contributed by atoms with Crippen LogP contribution in [0, 0.1) is 0 Å². The summed E-state index contributed by atoms with van der Waals surface area (Å²) < 4.78 is 5.47. The number of benzene rings is 1. The van der Waals surface area contributed by atoms with Crippen LogP contribution in [-0.4, -0.2) is 36.6 Å². The van der Waals surface area contributed by atoms with Crippen molar-refractivity contribution >= 4 is 12.0 Å². The van der Waals surface area contributed by atoms with Gasteiger partial charge in [0.1, 0.15) is 5.60 Å². The van der Waals surface area contributed by atoms with Crippen molar-refractivity contribution in [1.82, 2.24) is 10.2 Å². The van der Waals surface area contributed by atoms with E-state index in [1.165, 1.54) is 4.90 Å². The van der Waals surface area contributed by atoms with Gasteiger partial charge in [0.25, 0.3) is 0 Å². The molecule has 0 aliphatic carbocycles. The molecule has 1 atom stereocenters. The van der Waals surface area contributed by atoms with Crippen LogP contribution < -0.4 is 5.32 Å². The van der Waals surface area contributed by atoms with Crippen molar-refractivity contribution in [3.05, 3.63) is 35.9 Å². The molecule has 0 saturated heterocycles. The molecule has 0 aromatic heterocycles. The van der Waals surface area contributed by atoms with E-state index in [-0.39, 0.29) is 6.03 Å². The first kappa shape index (κ1) is 17.0. The lowest BCUT2D eigenvalue weighted by Crippen LogP contribution is -2.54. The van der Waals surface area contributed by atoms with E-state index in [1.807, 2.05) is 18.2 Å². The zero-order chi connectivity index (χ0) is 16.3. The van der Waals surface area contributed by atoms with E-state index >= 15 is 0 Å². The maximum absolute atomic E-state index is 12.6. The maximum atomic E-state index is 12.6. The number of esters is 1. The molecule has 0 fully saturated rings. The third-order valence-electron chi connectivity index (χ3n) is 2.92. The summed E-state index contributed by atoms with van der Waals surface area (Å²) in [6.45, 7) is 7.04. The molecule has 2 amide bonds. The number of carbonyl (C=O) groups is 2. The predicted octanol–water partition coefficient (Wildman–Crippen LogP) is 2.51. The van der Waals surface area contributed by atoms with Crippen LogP contribution in [0.15, 0.2) is 30.3 Å². The first-order valence-corrected chi connectivity index (χ1v) is 6.85. The van der Waals surface area contributed by atoms with Crippen LogP contribution in [-0.2, 0) is 15.1 Å². The summed E-state index contributed by atoms with van der Waals surface area (Å²) in [6.07, 6.45) is 0. The van der Waals surface area contributed by atoms with Gasteiger partial charge in [-0.1, -0.05) is 30.3 Å². The maximum Gasteiger partial charge on any atom is 0.336 e. The minimum absolute atomic E-state index is 0.354. The first-order valence-electron chi connectivity index (χ1n) is 6.85. The molecule has 5 nitrogen and oxygen atoms in total. The molecule has 1 N–H and O–H groups in total. The highest BCUT2D eigenvalue weighted by molar-refractivity contribution is 5.88. The van der Waals surface area contributed by atoms with Crippen molar-refractivity contribution in [3.8, 4) is 0 Å². The molecule has 21 heavy (non-hydrogen) atoms. The number of amides is 2. The smallest absolute Gasteiger partial charge is 0.336 e. The molecular weight excluding hydrogens is 268 g/mol. The van der Waals surface area contributed by atoms with Crippen molar-refractivity contribution < 1.29 is 14.3 Å². The van der Waals surface area contributed by atoms with Crippen molar-refractivity contribution in [1.29, 1.82) is 0 Å². The van der Waals surface area contributed by atoms with E-state index in [0.717, 1.165) is 0 Å². The van der Waals surface area contributed by atoms with Gasteiger partial charge in [0.15, 0.2) is 5.54 Å². The highest BCUT2D eigenvalue weighted by Gasteiger charge is 2.40. The molecule has 1 unspecified atom stereocenters. The molecule has 1 aromatic rings. The van der Waals surface area contributed by atoms with Crippen LogP contribution in [0.3, 0.4) is 0 Å². The van der Waals surface area contributed by atoms with Crippen molar-refractivity contribution in [2.75, 3.05) is 14.1 Å². The average molecular weight is 292 g/mol. The molecule has 0 aliphatic rings. The van der Waals surface area contributed by atoms with E-state index in [0.29, 0.717) is 5.56 Å². The van der Waals surface area contributed by atoms with Crippen molar-refractivity contribution in [3.63, 3.8) is 0 Å². The second-order valence-electron chi connectivity index (χ2n) is 6.32. The number of hydrogen-bond donors (Lipinski definition) is 1. The highest BCUT2D eigenvalue weighted by Crippen LogP contribution is 2.25. The third kappa shape index (κ3) is 4.48. The summed E-state index contributed by atoms with van der Waals surface area (Å²) in [6, 6.07) is 8.72. The minimum atomic E-state index is -1.24. The van der Waals surface area contributed by atoms with E-state index in [1.54, 1.807) is 53.9 Å². The number of nitrogens with one attached hydrogen (secondary N) is 1. The number of nitrogens with zero attached hydrogens (tertiary/aromatic N) is 1. The fourth-order valence-corrected chi connectivity index (χ4v) is 1.72. The normalized spacial score (nSPS) is 14.0. The van der Waals surface area contributed by atoms with E-state index in [2.05, 4.69) is 5.32 Å². The molecule has 0 spiro atoms. The lowest BCUT2D eigenvalue weighted by Gasteiger charge is -2.33. The largest absolute Gasteiger partial charge is 0.458 e. The Kier molecular flexibility index (Phi) is 4.99. The Bertz CT molecular complexity index is 506. The SMILES string of the molecule is CN(C)C(=O)NC(C)(C(=O)OC(C)(C)C)c1ccccc1. The van der Waals surface area contributed by atoms with E-state index in [4.69, 9.17) is 4.74 Å². The average Bonchev–Trinajstić information content (AvgIpc) is 2.37. The molecule has 116 valence electrons. The number of ether oxygens (including phenoxy) is 1. The molecule has 1 aromatic carbocycles. The van der Waals surface area contributed by atoms with E-state index in [9.17, 15) is 9.59 Å². The van der Waals surface area contributed by atoms with Crippen LogP contribution >= 0.6 is 0 Å². The number of carbonyl (C=O) groups excluding carboxylic acids is 2. The Hall–Kier alpha value is -2.04. The standard InChI is InChI=1S/C16H24N2O3/c1-15(2,3)21-13(19)16(4,17-14(20)18(5)6)12-10-8-7-9-11-12/h7-11H,1-6H3,(H,17,20). The lowest BCUT2D eigenvalue weighted by molar-refractivity contribution is -0.162. The second-order valence-corrected chi connectivity index (χ2v) is 6.32. The fourth-order valence-electron chi connectivity index (χ4n) is 1.72. The topological polar surface area (TPSA) is 58.6 Å². The molecular formula is C16H24N2O3. The van der Waals surface area contributed by atoms with Gasteiger partial charge in [0.05, 0.1) is 0 Å². The quantitative estimate of drug-likeness (QED) is 0.871. The summed E-state index contributed by atoms with van der Waals surface area (Å²) in [4.78, 5) is 26.0. The van der Waals surface area contributed by atoms with Crippen LogP contribution in [0.4, 0.5) is 4.79 Å². The van der Waals surface area contributed by atoms with Crippen LogP contribution in [0.25, 0.3) is 0 Å². The Morgan fingerprint density at radius 3 is 2.00 bits per heavy atom. The van der Waals surface area contributed by atoms with Crippen LogP contribution in [0.2, 0.25) is 0 Å². The highest BCUT2D eigenvalue weighted by atomic mass is 16.6. The van der Waals surface area contributed by atoms with Gasteiger partial charge in [0.2, 0.25) is 0 Å². The lowest BCUT2D eigenvalue weighted by atomic mass is 9.92. The molecule has 1 rings (SSSR count). The van der Waals surface area contributed by atoms with Gasteiger partial charge in [0, 0.05) is 14.1 Å². The van der Waals surface area contributed by atoms with Gasteiger partial charge < -0.3 is 15.0 Å². The Morgan fingerprint density at radius 1 is 1.05 bits per heavy atom.